The highest BCUT2D eigenvalue weighted by Gasteiger charge is 2.25. The van der Waals surface area contributed by atoms with E-state index in [1.54, 1.807) is 0 Å². The lowest BCUT2D eigenvalue weighted by atomic mass is 9.86. The van der Waals surface area contributed by atoms with Crippen LogP contribution >= 0.6 is 0 Å². The predicted octanol–water partition coefficient (Wildman–Crippen LogP) is 3.03. The lowest BCUT2D eigenvalue weighted by Gasteiger charge is -2.29. The molecule has 1 aromatic carbocycles. The number of aryl methyl sites for hydroxylation is 1. The molecule has 0 fully saturated rings. The summed E-state index contributed by atoms with van der Waals surface area (Å²) < 4.78 is 7.64. The van der Waals surface area contributed by atoms with Crippen LogP contribution in [0.25, 0.3) is 0 Å². The van der Waals surface area contributed by atoms with E-state index in [2.05, 4.69) is 41.7 Å². The first-order valence-electron chi connectivity index (χ1n) is 7.71. The second-order valence-electron chi connectivity index (χ2n) is 5.67. The van der Waals surface area contributed by atoms with Crippen molar-refractivity contribution in [2.45, 2.75) is 31.7 Å². The molecule has 21 heavy (non-hydrogen) atoms. The molecule has 2 heterocycles. The molecule has 0 amide bonds. The maximum absolute atomic E-state index is 5.77. The number of hydrogen-bond acceptors (Lipinski definition) is 3. The Morgan fingerprint density at radius 3 is 3.05 bits per heavy atom. The molecule has 1 aliphatic rings. The Bertz CT molecular complexity index is 593. The van der Waals surface area contributed by atoms with Crippen molar-refractivity contribution < 1.29 is 4.74 Å². The third-order valence-electron chi connectivity index (χ3n) is 4.18. The monoisotopic (exact) mass is 285 g/mol. The summed E-state index contributed by atoms with van der Waals surface area (Å²) in [6.07, 6.45) is 6.25. The van der Waals surface area contributed by atoms with Gasteiger partial charge in [0.15, 0.2) is 0 Å². The Labute approximate surface area is 126 Å². The first-order valence-corrected chi connectivity index (χ1v) is 7.71. The molecule has 0 bridgehead atoms. The van der Waals surface area contributed by atoms with Crippen LogP contribution in [-0.2, 0) is 7.05 Å². The molecule has 0 spiro atoms. The Kier molecular flexibility index (Phi) is 4.25. The van der Waals surface area contributed by atoms with E-state index < -0.39 is 0 Å². The van der Waals surface area contributed by atoms with Gasteiger partial charge in [-0.25, -0.2) is 0 Å². The molecule has 112 valence electrons. The third-order valence-corrected chi connectivity index (χ3v) is 4.18. The number of para-hydroxylation sites is 1. The maximum Gasteiger partial charge on any atom is 0.122 e. The van der Waals surface area contributed by atoms with Crippen LogP contribution in [0.5, 0.6) is 5.75 Å². The van der Waals surface area contributed by atoms with Gasteiger partial charge in [0.25, 0.3) is 0 Å². The number of hydrogen-bond donors (Lipinski definition) is 1. The molecule has 4 heteroatoms. The zero-order valence-electron chi connectivity index (χ0n) is 12.7. The molecule has 0 saturated carbocycles. The maximum atomic E-state index is 5.77. The van der Waals surface area contributed by atoms with Gasteiger partial charge in [-0.15, -0.1) is 0 Å². The first kappa shape index (κ1) is 14.1. The summed E-state index contributed by atoms with van der Waals surface area (Å²) in [7, 11) is 1.97. The number of benzene rings is 1. The number of nitrogens with one attached hydrogen (secondary N) is 1. The number of ether oxygens (including phenoxy) is 1. The van der Waals surface area contributed by atoms with Gasteiger partial charge >= 0.3 is 0 Å². The number of aromatic nitrogens is 2. The smallest absolute Gasteiger partial charge is 0.122 e. The van der Waals surface area contributed by atoms with Crippen LogP contribution in [-0.4, -0.2) is 22.9 Å². The molecule has 2 unspecified atom stereocenters. The minimum Gasteiger partial charge on any atom is -0.493 e. The van der Waals surface area contributed by atoms with Gasteiger partial charge < -0.3 is 10.1 Å². The fourth-order valence-electron chi connectivity index (χ4n) is 3.15. The molecule has 3 rings (SSSR count). The Hall–Kier alpha value is -1.81. The Balaban J connectivity index is 1.80. The highest BCUT2D eigenvalue weighted by molar-refractivity contribution is 5.38. The van der Waals surface area contributed by atoms with Gasteiger partial charge in [0, 0.05) is 24.8 Å². The molecule has 0 radical (unpaired) electrons. The second-order valence-corrected chi connectivity index (χ2v) is 5.67. The van der Waals surface area contributed by atoms with E-state index in [0.717, 1.165) is 31.7 Å². The van der Waals surface area contributed by atoms with E-state index in [9.17, 15) is 0 Å². The van der Waals surface area contributed by atoms with Crippen LogP contribution in [0.4, 0.5) is 0 Å². The van der Waals surface area contributed by atoms with Gasteiger partial charge in [-0.3, -0.25) is 4.68 Å². The Morgan fingerprint density at radius 2 is 2.29 bits per heavy atom. The van der Waals surface area contributed by atoms with E-state index in [4.69, 9.17) is 4.74 Å². The summed E-state index contributed by atoms with van der Waals surface area (Å²) in [4.78, 5) is 0. The minimum absolute atomic E-state index is 0.347. The van der Waals surface area contributed by atoms with E-state index in [-0.39, 0.29) is 0 Å². The summed E-state index contributed by atoms with van der Waals surface area (Å²) >= 11 is 0. The van der Waals surface area contributed by atoms with E-state index in [0.29, 0.717) is 12.0 Å². The molecule has 1 N–H and O–H groups in total. The van der Waals surface area contributed by atoms with Crippen LogP contribution in [0.3, 0.4) is 0 Å². The molecular formula is C17H23N3O. The Morgan fingerprint density at radius 1 is 1.43 bits per heavy atom. The molecular weight excluding hydrogens is 262 g/mol. The van der Waals surface area contributed by atoms with Gasteiger partial charge in [-0.1, -0.05) is 25.1 Å². The summed E-state index contributed by atoms with van der Waals surface area (Å²) in [6, 6.07) is 8.77. The highest BCUT2D eigenvalue weighted by Crippen LogP contribution is 2.38. The van der Waals surface area contributed by atoms with Gasteiger partial charge in [-0.05, 0) is 36.9 Å². The van der Waals surface area contributed by atoms with Crippen molar-refractivity contribution in [3.63, 3.8) is 0 Å². The average Bonchev–Trinajstić information content (AvgIpc) is 2.94. The number of fused-ring (bicyclic) bond motifs is 1. The van der Waals surface area contributed by atoms with Gasteiger partial charge in [0.2, 0.25) is 0 Å². The summed E-state index contributed by atoms with van der Waals surface area (Å²) in [6.45, 7) is 3.93. The van der Waals surface area contributed by atoms with E-state index in [1.807, 2.05) is 24.0 Å². The molecule has 2 atom stereocenters. The molecule has 0 saturated heterocycles. The topological polar surface area (TPSA) is 39.1 Å². The van der Waals surface area contributed by atoms with Crippen molar-refractivity contribution in [2.24, 2.45) is 7.05 Å². The molecule has 0 aliphatic carbocycles. The lowest BCUT2D eigenvalue weighted by molar-refractivity contribution is 0.255. The minimum atomic E-state index is 0.347. The van der Waals surface area contributed by atoms with E-state index in [1.165, 1.54) is 11.1 Å². The normalized spacial score (nSPS) is 18.9. The SMILES string of the molecule is CCNC(CC1CCOc2ccccc21)c1cnn(C)c1. The van der Waals surface area contributed by atoms with E-state index >= 15 is 0 Å². The quantitative estimate of drug-likeness (QED) is 0.918. The van der Waals surface area contributed by atoms with Gasteiger partial charge in [0.1, 0.15) is 5.75 Å². The fourth-order valence-corrected chi connectivity index (χ4v) is 3.15. The molecule has 1 aromatic heterocycles. The molecule has 1 aliphatic heterocycles. The van der Waals surface area contributed by atoms with Crippen molar-refractivity contribution in [1.82, 2.24) is 15.1 Å². The van der Waals surface area contributed by atoms with Crippen molar-refractivity contribution in [2.75, 3.05) is 13.2 Å². The standard InChI is InChI=1S/C17H23N3O/c1-3-18-16(14-11-19-20(2)12-14)10-13-8-9-21-17-7-5-4-6-15(13)17/h4-7,11-13,16,18H,3,8-10H2,1-2H3. The van der Waals surface area contributed by atoms with Gasteiger partial charge in [-0.2, -0.15) is 5.10 Å². The third kappa shape index (κ3) is 3.10. The summed E-state index contributed by atoms with van der Waals surface area (Å²) in [5.41, 5.74) is 2.61. The molecule has 2 aromatic rings. The summed E-state index contributed by atoms with van der Waals surface area (Å²) in [5.74, 6) is 1.59. The van der Waals surface area contributed by atoms with Crippen LogP contribution in [0.1, 0.15) is 42.9 Å². The number of rotatable bonds is 5. The van der Waals surface area contributed by atoms with Crippen molar-refractivity contribution >= 4 is 0 Å². The summed E-state index contributed by atoms with van der Waals surface area (Å²) in [5, 5.41) is 7.91. The van der Waals surface area contributed by atoms with Crippen LogP contribution in [0.2, 0.25) is 0 Å². The van der Waals surface area contributed by atoms with Crippen molar-refractivity contribution in [3.05, 3.63) is 47.8 Å². The average molecular weight is 285 g/mol. The van der Waals surface area contributed by atoms with Crippen molar-refractivity contribution in [3.8, 4) is 5.75 Å². The molecule has 4 nitrogen and oxygen atoms in total. The van der Waals surface area contributed by atoms with Crippen LogP contribution in [0, 0.1) is 0 Å². The first-order chi connectivity index (χ1) is 10.3. The number of nitrogens with zero attached hydrogens (tertiary/aromatic N) is 2. The highest BCUT2D eigenvalue weighted by atomic mass is 16.5. The van der Waals surface area contributed by atoms with Crippen LogP contribution in [0.15, 0.2) is 36.7 Å². The largest absolute Gasteiger partial charge is 0.493 e. The predicted molar refractivity (Wildman–Crippen MR) is 83.5 cm³/mol. The van der Waals surface area contributed by atoms with Gasteiger partial charge in [0.05, 0.1) is 12.8 Å². The zero-order chi connectivity index (χ0) is 14.7. The van der Waals surface area contributed by atoms with Crippen LogP contribution < -0.4 is 10.1 Å². The zero-order valence-corrected chi connectivity index (χ0v) is 12.7. The second kappa shape index (κ2) is 6.31. The fraction of sp³-hybridized carbons (Fsp3) is 0.471. The lowest BCUT2D eigenvalue weighted by Crippen LogP contribution is -2.25. The van der Waals surface area contributed by atoms with Crippen molar-refractivity contribution in [1.29, 1.82) is 0 Å².